The summed E-state index contributed by atoms with van der Waals surface area (Å²) in [5, 5.41) is 14.7. The van der Waals surface area contributed by atoms with E-state index in [9.17, 15) is 18.0 Å². The minimum atomic E-state index is -4.00. The molecule has 0 bridgehead atoms. The molecule has 0 fully saturated rings. The lowest BCUT2D eigenvalue weighted by Gasteiger charge is -2.15. The highest BCUT2D eigenvalue weighted by Crippen LogP contribution is 2.20. The van der Waals surface area contributed by atoms with E-state index in [1.807, 2.05) is 0 Å². The number of carbonyl (C=O) groups is 2. The van der Waals surface area contributed by atoms with Crippen molar-refractivity contribution in [1.82, 2.24) is 9.88 Å². The van der Waals surface area contributed by atoms with Gasteiger partial charge in [-0.05, 0) is 32.9 Å². The summed E-state index contributed by atoms with van der Waals surface area (Å²) in [5.74, 6) is -1.37. The summed E-state index contributed by atoms with van der Waals surface area (Å²) in [4.78, 5) is 22.7. The van der Waals surface area contributed by atoms with Crippen LogP contribution in [0.2, 0.25) is 0 Å². The zero-order valence-electron chi connectivity index (χ0n) is 14.8. The van der Waals surface area contributed by atoms with Gasteiger partial charge >= 0.3 is 5.97 Å². The van der Waals surface area contributed by atoms with Crippen LogP contribution in [0.5, 0.6) is 5.75 Å². The Bertz CT molecular complexity index is 933. The molecule has 10 nitrogen and oxygen atoms in total. The normalized spacial score (nSPS) is 12.4. The summed E-state index contributed by atoms with van der Waals surface area (Å²) in [6.45, 7) is 3.81. The van der Waals surface area contributed by atoms with Crippen LogP contribution in [0.25, 0.3) is 0 Å². The molecule has 3 N–H and O–H groups in total. The molecule has 146 valence electrons. The molecule has 1 aromatic heterocycles. The summed E-state index contributed by atoms with van der Waals surface area (Å²) in [5.41, 5.74) is 0.516. The van der Waals surface area contributed by atoms with E-state index in [0.29, 0.717) is 5.69 Å². The second-order valence-corrected chi connectivity index (χ2v) is 7.35. The SMILES string of the molecule is Cc1noc(C)c1S(=O)(=O)NC(C)C(=O)Nc1cccc(OCC(=O)O)c1. The molecule has 1 unspecified atom stereocenters. The quantitative estimate of drug-likeness (QED) is 0.599. The lowest BCUT2D eigenvalue weighted by atomic mass is 10.2. The summed E-state index contributed by atoms with van der Waals surface area (Å²) in [6.07, 6.45) is 0. The van der Waals surface area contributed by atoms with Crippen LogP contribution in [0.15, 0.2) is 33.7 Å². The van der Waals surface area contributed by atoms with Gasteiger partial charge in [0.2, 0.25) is 15.9 Å². The van der Waals surface area contributed by atoms with Gasteiger partial charge in [-0.1, -0.05) is 11.2 Å². The third-order valence-corrected chi connectivity index (χ3v) is 5.21. The summed E-state index contributed by atoms with van der Waals surface area (Å²) in [7, 11) is -4.00. The Labute approximate surface area is 155 Å². The molecule has 0 spiro atoms. The number of sulfonamides is 1. The van der Waals surface area contributed by atoms with Gasteiger partial charge in [0.25, 0.3) is 0 Å². The van der Waals surface area contributed by atoms with E-state index >= 15 is 0 Å². The number of anilines is 1. The van der Waals surface area contributed by atoms with E-state index in [1.165, 1.54) is 32.9 Å². The van der Waals surface area contributed by atoms with Gasteiger partial charge in [0.05, 0.1) is 6.04 Å². The molecule has 2 aromatic rings. The number of carbonyl (C=O) groups excluding carboxylic acids is 1. The Hall–Kier alpha value is -2.92. The van der Waals surface area contributed by atoms with Crippen LogP contribution < -0.4 is 14.8 Å². The molecule has 1 atom stereocenters. The van der Waals surface area contributed by atoms with Crippen molar-refractivity contribution < 1.29 is 32.4 Å². The van der Waals surface area contributed by atoms with Crippen molar-refractivity contribution in [3.05, 3.63) is 35.7 Å². The average molecular weight is 397 g/mol. The lowest BCUT2D eigenvalue weighted by molar-refractivity contribution is -0.139. The predicted octanol–water partition coefficient (Wildman–Crippen LogP) is 1.06. The van der Waals surface area contributed by atoms with Crippen LogP contribution in [-0.4, -0.2) is 43.2 Å². The molecule has 1 aromatic carbocycles. The molecule has 0 aliphatic carbocycles. The third kappa shape index (κ3) is 5.28. The third-order valence-electron chi connectivity index (χ3n) is 3.43. The van der Waals surface area contributed by atoms with E-state index in [0.717, 1.165) is 0 Å². The number of amides is 1. The number of nitrogens with zero attached hydrogens (tertiary/aromatic N) is 1. The zero-order chi connectivity index (χ0) is 20.2. The van der Waals surface area contributed by atoms with Gasteiger partial charge < -0.3 is 19.7 Å². The second-order valence-electron chi connectivity index (χ2n) is 5.70. The monoisotopic (exact) mass is 397 g/mol. The van der Waals surface area contributed by atoms with Gasteiger partial charge in [-0.25, -0.2) is 13.2 Å². The van der Waals surface area contributed by atoms with Crippen molar-refractivity contribution in [2.24, 2.45) is 0 Å². The highest BCUT2D eigenvalue weighted by molar-refractivity contribution is 7.89. The largest absolute Gasteiger partial charge is 0.482 e. The summed E-state index contributed by atoms with van der Waals surface area (Å²) < 4.78 is 37.0. The van der Waals surface area contributed by atoms with Crippen molar-refractivity contribution in [1.29, 1.82) is 0 Å². The molecule has 0 radical (unpaired) electrons. The van der Waals surface area contributed by atoms with Gasteiger partial charge in [0, 0.05) is 11.8 Å². The average Bonchev–Trinajstić information content (AvgIpc) is 2.92. The lowest BCUT2D eigenvalue weighted by Crippen LogP contribution is -2.41. The van der Waals surface area contributed by atoms with E-state index in [1.54, 1.807) is 12.1 Å². The second kappa shape index (κ2) is 8.18. The Morgan fingerprint density at radius 3 is 2.63 bits per heavy atom. The minimum absolute atomic E-state index is 0.105. The Morgan fingerprint density at radius 1 is 1.33 bits per heavy atom. The number of aryl methyl sites for hydroxylation is 2. The first-order valence-electron chi connectivity index (χ1n) is 7.81. The number of hydrogen-bond donors (Lipinski definition) is 3. The standard InChI is InChI=1S/C16H19N3O7S/c1-9-15(11(3)26-18-9)27(23,24)19-10(2)16(22)17-12-5-4-6-13(7-12)25-8-14(20)21/h4-7,10,19H,8H2,1-3H3,(H,17,22)(H,20,21). The number of ether oxygens (including phenoxy) is 1. The molecule has 1 amide bonds. The number of aliphatic carboxylic acids is 1. The maximum absolute atomic E-state index is 12.4. The number of rotatable bonds is 8. The van der Waals surface area contributed by atoms with E-state index < -0.39 is 34.5 Å². The first kappa shape index (κ1) is 20.4. The molecule has 0 saturated carbocycles. The Kier molecular flexibility index (Phi) is 6.18. The highest BCUT2D eigenvalue weighted by atomic mass is 32.2. The zero-order valence-corrected chi connectivity index (χ0v) is 15.7. The molecule has 1 heterocycles. The fourth-order valence-electron chi connectivity index (χ4n) is 2.26. The Morgan fingerprint density at radius 2 is 2.04 bits per heavy atom. The number of hydrogen-bond acceptors (Lipinski definition) is 7. The van der Waals surface area contributed by atoms with E-state index in [2.05, 4.69) is 15.2 Å². The molecule has 11 heteroatoms. The van der Waals surface area contributed by atoms with Gasteiger partial charge in [-0.15, -0.1) is 0 Å². The van der Waals surface area contributed by atoms with E-state index in [-0.39, 0.29) is 22.1 Å². The van der Waals surface area contributed by atoms with Crippen LogP contribution in [0.3, 0.4) is 0 Å². The first-order valence-corrected chi connectivity index (χ1v) is 9.29. The Balaban J connectivity index is 2.06. The van der Waals surface area contributed by atoms with Crippen molar-refractivity contribution in [3.63, 3.8) is 0 Å². The first-order chi connectivity index (χ1) is 12.6. The fraction of sp³-hybridized carbons (Fsp3) is 0.312. The minimum Gasteiger partial charge on any atom is -0.482 e. The number of benzene rings is 1. The number of carboxylic acids is 1. The van der Waals surface area contributed by atoms with Crippen LogP contribution in [0.4, 0.5) is 5.69 Å². The van der Waals surface area contributed by atoms with Crippen molar-refractivity contribution in [2.45, 2.75) is 31.7 Å². The topological polar surface area (TPSA) is 148 Å². The number of carboxylic acid groups (broad SMARTS) is 1. The molecule has 0 saturated heterocycles. The van der Waals surface area contributed by atoms with Crippen LogP contribution in [-0.2, 0) is 19.6 Å². The number of nitrogens with one attached hydrogen (secondary N) is 2. The van der Waals surface area contributed by atoms with Gasteiger partial charge in [0.15, 0.2) is 12.4 Å². The molecular formula is C16H19N3O7S. The summed E-state index contributed by atoms with van der Waals surface area (Å²) in [6, 6.07) is 4.98. The van der Waals surface area contributed by atoms with Crippen LogP contribution in [0.1, 0.15) is 18.4 Å². The summed E-state index contributed by atoms with van der Waals surface area (Å²) >= 11 is 0. The maximum atomic E-state index is 12.4. The van der Waals surface area contributed by atoms with Gasteiger partial charge in [0.1, 0.15) is 16.3 Å². The smallest absolute Gasteiger partial charge is 0.341 e. The van der Waals surface area contributed by atoms with Crippen molar-refractivity contribution in [3.8, 4) is 5.75 Å². The molecule has 0 aliphatic heterocycles. The molecule has 0 aliphatic rings. The highest BCUT2D eigenvalue weighted by Gasteiger charge is 2.28. The van der Waals surface area contributed by atoms with Crippen molar-refractivity contribution in [2.75, 3.05) is 11.9 Å². The predicted molar refractivity (Wildman–Crippen MR) is 94.0 cm³/mol. The van der Waals surface area contributed by atoms with Crippen molar-refractivity contribution >= 4 is 27.6 Å². The molecular weight excluding hydrogens is 378 g/mol. The van der Waals surface area contributed by atoms with Crippen LogP contribution >= 0.6 is 0 Å². The van der Waals surface area contributed by atoms with Gasteiger partial charge in [-0.3, -0.25) is 4.79 Å². The number of aromatic nitrogens is 1. The fourth-order valence-corrected chi connectivity index (χ4v) is 3.79. The molecule has 27 heavy (non-hydrogen) atoms. The van der Waals surface area contributed by atoms with E-state index in [4.69, 9.17) is 14.4 Å². The molecule has 2 rings (SSSR count). The van der Waals surface area contributed by atoms with Crippen LogP contribution in [0, 0.1) is 13.8 Å². The maximum Gasteiger partial charge on any atom is 0.341 e. The van der Waals surface area contributed by atoms with Gasteiger partial charge in [-0.2, -0.15) is 4.72 Å².